The number of carbonyl (C=O) groups is 1. The second-order valence-corrected chi connectivity index (χ2v) is 7.89. The summed E-state index contributed by atoms with van der Waals surface area (Å²) in [5, 5.41) is 5.90. The fourth-order valence-electron chi connectivity index (χ4n) is 3.43. The van der Waals surface area contributed by atoms with E-state index in [0.29, 0.717) is 22.7 Å². The number of aromatic nitrogens is 4. The van der Waals surface area contributed by atoms with Crippen LogP contribution in [0.25, 0.3) is 23.4 Å². The molecule has 0 unspecified atom stereocenters. The number of anilines is 2. The maximum atomic E-state index is 13.0. The molecule has 2 aromatic heterocycles. The minimum Gasteiger partial charge on any atom is -0.368 e. The lowest BCUT2D eigenvalue weighted by atomic mass is 10.1. The summed E-state index contributed by atoms with van der Waals surface area (Å²) in [6.45, 7) is 4.75. The number of halogens is 3. The molecule has 0 atom stereocenters. The number of nitrogens with zero attached hydrogens (tertiary/aromatic N) is 4. The molecule has 0 spiro atoms. The second kappa shape index (κ2) is 9.96. The van der Waals surface area contributed by atoms with Gasteiger partial charge in [0.15, 0.2) is 17.0 Å². The Balaban J connectivity index is 1.55. The fourth-order valence-corrected chi connectivity index (χ4v) is 3.43. The van der Waals surface area contributed by atoms with Crippen molar-refractivity contribution in [2.75, 3.05) is 17.2 Å². The normalized spacial score (nSPS) is 11.8. The van der Waals surface area contributed by atoms with Crippen molar-refractivity contribution in [1.82, 2.24) is 19.5 Å². The molecule has 0 saturated carbocycles. The average molecular weight is 480 g/mol. The summed E-state index contributed by atoms with van der Waals surface area (Å²) in [5.41, 5.74) is 2.57. The van der Waals surface area contributed by atoms with Crippen LogP contribution in [0.5, 0.6) is 0 Å². The number of imidazole rings is 1. The Bertz CT molecular complexity index is 1390. The molecular formula is C25H23F3N6O. The van der Waals surface area contributed by atoms with Crippen molar-refractivity contribution in [3.8, 4) is 0 Å². The van der Waals surface area contributed by atoms with Crippen LogP contribution in [-0.4, -0.2) is 32.0 Å². The van der Waals surface area contributed by atoms with Crippen molar-refractivity contribution in [3.63, 3.8) is 0 Å². The molecule has 2 aromatic carbocycles. The number of aryl methyl sites for hydroxylation is 1. The highest BCUT2D eigenvalue weighted by Gasteiger charge is 2.30. The Kier molecular flexibility index (Phi) is 6.81. The average Bonchev–Trinajstić information content (AvgIpc) is 3.26. The van der Waals surface area contributed by atoms with Crippen LogP contribution < -0.4 is 10.6 Å². The number of hydrogen-bond acceptors (Lipinski definition) is 5. The number of fused-ring (bicyclic) bond motifs is 1. The highest BCUT2D eigenvalue weighted by atomic mass is 19.4. The Morgan fingerprint density at radius 1 is 1.11 bits per heavy atom. The Morgan fingerprint density at radius 2 is 1.94 bits per heavy atom. The lowest BCUT2D eigenvalue weighted by Crippen LogP contribution is -2.14. The minimum atomic E-state index is -4.52. The summed E-state index contributed by atoms with van der Waals surface area (Å²) in [4.78, 5) is 25.5. The van der Waals surface area contributed by atoms with Crippen molar-refractivity contribution in [2.24, 2.45) is 0 Å². The topological polar surface area (TPSA) is 84.7 Å². The summed E-state index contributed by atoms with van der Waals surface area (Å²) in [7, 11) is 0. The van der Waals surface area contributed by atoms with Gasteiger partial charge in [-0.1, -0.05) is 19.1 Å². The van der Waals surface area contributed by atoms with E-state index in [1.54, 1.807) is 29.2 Å². The second-order valence-electron chi connectivity index (χ2n) is 7.89. The van der Waals surface area contributed by atoms with Gasteiger partial charge in [-0.3, -0.25) is 9.36 Å². The van der Waals surface area contributed by atoms with Crippen molar-refractivity contribution >= 4 is 40.9 Å². The van der Waals surface area contributed by atoms with Crippen molar-refractivity contribution in [1.29, 1.82) is 0 Å². The van der Waals surface area contributed by atoms with E-state index >= 15 is 0 Å². The molecule has 4 rings (SSSR count). The maximum absolute atomic E-state index is 13.0. The standard InChI is InChI=1S/C25H23F3N6O/c1-3-10-29-22-21-23(31-14-30-22)34(15-32-21)11-9-17-13-20(8-7-16(17)2)33-24(35)18-5-4-6-19(12-18)25(26,27)28/h4-9,11-15H,3,10H2,1-2H3,(H,33,35)(H,29,30,31). The molecule has 35 heavy (non-hydrogen) atoms. The van der Waals surface area contributed by atoms with Gasteiger partial charge in [0.25, 0.3) is 5.91 Å². The molecule has 0 radical (unpaired) electrons. The summed E-state index contributed by atoms with van der Waals surface area (Å²) in [6, 6.07) is 9.59. The van der Waals surface area contributed by atoms with E-state index in [1.165, 1.54) is 18.5 Å². The Labute approximate surface area is 199 Å². The third-order valence-corrected chi connectivity index (χ3v) is 5.31. The molecule has 0 aliphatic carbocycles. The molecule has 0 saturated heterocycles. The van der Waals surface area contributed by atoms with E-state index in [4.69, 9.17) is 0 Å². The summed E-state index contributed by atoms with van der Waals surface area (Å²) >= 11 is 0. The zero-order valence-corrected chi connectivity index (χ0v) is 19.1. The molecule has 0 aliphatic rings. The molecule has 180 valence electrons. The first-order valence-corrected chi connectivity index (χ1v) is 10.9. The van der Waals surface area contributed by atoms with Gasteiger partial charge in [0.05, 0.1) is 5.56 Å². The van der Waals surface area contributed by atoms with Gasteiger partial charge in [-0.05, 0) is 60.9 Å². The van der Waals surface area contributed by atoms with Crippen molar-refractivity contribution in [2.45, 2.75) is 26.4 Å². The lowest BCUT2D eigenvalue weighted by molar-refractivity contribution is -0.137. The SMILES string of the molecule is CCCNc1ncnc2c1ncn2C=Cc1cc(NC(=O)c2cccc(C(F)(F)F)c2)ccc1C. The zero-order chi connectivity index (χ0) is 25.0. The molecule has 0 fully saturated rings. The fraction of sp³-hybridized carbons (Fsp3) is 0.200. The molecule has 0 bridgehead atoms. The van der Waals surface area contributed by atoms with Crippen LogP contribution in [0.2, 0.25) is 0 Å². The highest BCUT2D eigenvalue weighted by Crippen LogP contribution is 2.30. The summed E-state index contributed by atoms with van der Waals surface area (Å²) < 4.78 is 40.7. The number of amides is 1. The zero-order valence-electron chi connectivity index (χ0n) is 19.1. The van der Waals surface area contributed by atoms with Gasteiger partial charge in [0.1, 0.15) is 12.7 Å². The van der Waals surface area contributed by atoms with Gasteiger partial charge in [0.2, 0.25) is 0 Å². The van der Waals surface area contributed by atoms with E-state index < -0.39 is 17.6 Å². The van der Waals surface area contributed by atoms with Crippen LogP contribution in [0.1, 0.15) is 40.4 Å². The van der Waals surface area contributed by atoms with E-state index in [1.807, 2.05) is 19.1 Å². The predicted molar refractivity (Wildman–Crippen MR) is 130 cm³/mol. The molecule has 2 N–H and O–H groups in total. The highest BCUT2D eigenvalue weighted by molar-refractivity contribution is 6.04. The van der Waals surface area contributed by atoms with Crippen molar-refractivity contribution in [3.05, 3.63) is 77.4 Å². The molecule has 2 heterocycles. The first-order valence-electron chi connectivity index (χ1n) is 10.9. The maximum Gasteiger partial charge on any atom is 0.416 e. The Hall–Kier alpha value is -4.21. The van der Waals surface area contributed by atoms with Crippen molar-refractivity contribution < 1.29 is 18.0 Å². The van der Waals surface area contributed by atoms with Crippen LogP contribution in [0.3, 0.4) is 0 Å². The summed E-state index contributed by atoms with van der Waals surface area (Å²) in [5.74, 6) is 0.0405. The molecule has 1 amide bonds. The van der Waals surface area contributed by atoms with Gasteiger partial charge >= 0.3 is 6.18 Å². The summed E-state index contributed by atoms with van der Waals surface area (Å²) in [6.07, 6.45) is 3.19. The van der Waals surface area contributed by atoms with Gasteiger partial charge < -0.3 is 10.6 Å². The van der Waals surface area contributed by atoms with Crippen LogP contribution in [0.4, 0.5) is 24.7 Å². The number of rotatable bonds is 7. The largest absolute Gasteiger partial charge is 0.416 e. The molecule has 10 heteroatoms. The number of benzene rings is 2. The Morgan fingerprint density at radius 3 is 2.71 bits per heavy atom. The van der Waals surface area contributed by atoms with E-state index in [9.17, 15) is 18.0 Å². The number of carbonyl (C=O) groups excluding carboxylic acids is 1. The first-order chi connectivity index (χ1) is 16.8. The van der Waals surface area contributed by atoms with Crippen LogP contribution >= 0.6 is 0 Å². The first kappa shape index (κ1) is 23.9. The lowest BCUT2D eigenvalue weighted by Gasteiger charge is -2.10. The molecule has 4 aromatic rings. The third kappa shape index (κ3) is 5.48. The third-order valence-electron chi connectivity index (χ3n) is 5.31. The molecule has 0 aliphatic heterocycles. The number of hydrogen-bond donors (Lipinski definition) is 2. The smallest absolute Gasteiger partial charge is 0.368 e. The van der Waals surface area contributed by atoms with E-state index in [2.05, 4.69) is 32.5 Å². The van der Waals surface area contributed by atoms with Crippen LogP contribution in [-0.2, 0) is 6.18 Å². The number of alkyl halides is 3. The van der Waals surface area contributed by atoms with E-state index in [0.717, 1.165) is 36.2 Å². The van der Waals surface area contributed by atoms with Gasteiger partial charge in [-0.15, -0.1) is 0 Å². The number of nitrogens with one attached hydrogen (secondary N) is 2. The predicted octanol–water partition coefficient (Wildman–Crippen LogP) is 5.86. The van der Waals surface area contributed by atoms with Crippen LogP contribution in [0.15, 0.2) is 55.1 Å². The minimum absolute atomic E-state index is 0.0745. The quantitative estimate of drug-likeness (QED) is 0.346. The van der Waals surface area contributed by atoms with Crippen LogP contribution in [0, 0.1) is 6.92 Å². The van der Waals surface area contributed by atoms with E-state index in [-0.39, 0.29) is 5.56 Å². The monoisotopic (exact) mass is 480 g/mol. The molecule has 7 nitrogen and oxygen atoms in total. The van der Waals surface area contributed by atoms with Gasteiger partial charge in [-0.2, -0.15) is 13.2 Å². The van der Waals surface area contributed by atoms with Gasteiger partial charge in [0, 0.05) is 24.0 Å². The van der Waals surface area contributed by atoms with Gasteiger partial charge in [-0.25, -0.2) is 15.0 Å². The molecular weight excluding hydrogens is 457 g/mol.